The van der Waals surface area contributed by atoms with E-state index in [1.54, 1.807) is 23.6 Å². The third-order valence-electron chi connectivity index (χ3n) is 4.39. The maximum absolute atomic E-state index is 12.7. The molecule has 0 aliphatic carbocycles. The quantitative estimate of drug-likeness (QED) is 0.477. The van der Waals surface area contributed by atoms with Crippen LogP contribution in [0.2, 0.25) is 0 Å². The number of hydrogen-bond acceptors (Lipinski definition) is 7. The van der Waals surface area contributed by atoms with Crippen LogP contribution in [-0.4, -0.2) is 25.2 Å². The van der Waals surface area contributed by atoms with Gasteiger partial charge in [0.25, 0.3) is 10.0 Å². The Labute approximate surface area is 176 Å². The predicted octanol–water partition coefficient (Wildman–Crippen LogP) is 4.43. The summed E-state index contributed by atoms with van der Waals surface area (Å²) in [7, 11) is -3.78. The van der Waals surface area contributed by atoms with E-state index in [9.17, 15) is 8.42 Å². The van der Waals surface area contributed by atoms with E-state index in [1.165, 1.54) is 6.07 Å². The van der Waals surface area contributed by atoms with Crippen LogP contribution in [0.1, 0.15) is 5.56 Å². The number of benzene rings is 2. The number of sulfonamides is 1. The van der Waals surface area contributed by atoms with Crippen LogP contribution in [0.5, 0.6) is 11.5 Å². The van der Waals surface area contributed by atoms with Gasteiger partial charge in [-0.2, -0.15) is 0 Å². The number of nitrogens with one attached hydrogen (secondary N) is 1. The third-order valence-corrected chi connectivity index (χ3v) is 7.13. The van der Waals surface area contributed by atoms with Crippen LogP contribution in [0.25, 0.3) is 16.4 Å². The zero-order valence-corrected chi connectivity index (χ0v) is 17.1. The Kier molecular flexibility index (Phi) is 4.64. The number of aromatic nitrogens is 2. The number of fused-ring (bicyclic) bond motifs is 2. The summed E-state index contributed by atoms with van der Waals surface area (Å²) in [6.45, 7) is 0.470. The molecule has 1 aliphatic heterocycles. The standard InChI is InChI=1S/C20H15N4O4S2/c25-30(26,18-6-3-9-29-18)24-20-19(22-14-4-1-2-5-15(14)23-20)21-11-13-7-8-16-17(10-13)28-12-27-16/h1-10H,11-12H2,(H-,21,22,23,24)/q-1. The Bertz CT molecular complexity index is 1320. The van der Waals surface area contributed by atoms with Gasteiger partial charge in [-0.1, -0.05) is 30.3 Å². The van der Waals surface area contributed by atoms with Gasteiger partial charge in [-0.15, -0.1) is 11.3 Å². The predicted molar refractivity (Wildman–Crippen MR) is 114 cm³/mol. The summed E-state index contributed by atoms with van der Waals surface area (Å²) in [6.07, 6.45) is 0. The van der Waals surface area contributed by atoms with Crippen LogP contribution in [0, 0.1) is 0 Å². The first kappa shape index (κ1) is 18.6. The molecule has 30 heavy (non-hydrogen) atoms. The van der Waals surface area contributed by atoms with Gasteiger partial charge in [0.05, 0.1) is 5.52 Å². The highest BCUT2D eigenvalue weighted by Gasteiger charge is 2.17. The first-order valence-corrected chi connectivity index (χ1v) is 11.3. The summed E-state index contributed by atoms with van der Waals surface area (Å²) in [5.41, 5.74) is 2.07. The van der Waals surface area contributed by atoms with Crippen molar-refractivity contribution in [2.45, 2.75) is 10.8 Å². The van der Waals surface area contributed by atoms with Gasteiger partial charge >= 0.3 is 0 Å². The maximum atomic E-state index is 12.7. The number of nitrogens with zero attached hydrogens (tertiary/aromatic N) is 3. The number of thiophene rings is 1. The molecule has 0 amide bonds. The molecule has 0 spiro atoms. The molecule has 3 heterocycles. The SMILES string of the molecule is O=S(=O)(Nc1nc2ccccc2nc1[N-]Cc1ccc2c(c1)OCO2)c1cccs1. The molecule has 0 fully saturated rings. The summed E-state index contributed by atoms with van der Waals surface area (Å²) < 4.78 is 38.9. The monoisotopic (exact) mass is 439 g/mol. The van der Waals surface area contributed by atoms with Crippen molar-refractivity contribution in [2.75, 3.05) is 11.5 Å². The lowest BCUT2D eigenvalue weighted by Crippen LogP contribution is -2.13. The lowest BCUT2D eigenvalue weighted by molar-refractivity contribution is 0.174. The molecule has 152 valence electrons. The van der Waals surface area contributed by atoms with Crippen LogP contribution in [0.15, 0.2) is 64.2 Å². The highest BCUT2D eigenvalue weighted by Crippen LogP contribution is 2.35. The van der Waals surface area contributed by atoms with E-state index >= 15 is 0 Å². The molecule has 1 N–H and O–H groups in total. The lowest BCUT2D eigenvalue weighted by atomic mass is 10.2. The minimum absolute atomic E-state index is 0.0860. The Morgan fingerprint density at radius 3 is 2.60 bits per heavy atom. The Morgan fingerprint density at radius 2 is 1.80 bits per heavy atom. The summed E-state index contributed by atoms with van der Waals surface area (Å²) in [5, 5.41) is 6.22. The molecule has 0 saturated heterocycles. The Hall–Kier alpha value is -3.37. The summed E-state index contributed by atoms with van der Waals surface area (Å²) in [6, 6.07) is 16.0. The second kappa shape index (κ2) is 7.47. The zero-order chi connectivity index (χ0) is 20.6. The van der Waals surface area contributed by atoms with Gasteiger partial charge in [-0.25, -0.2) is 13.4 Å². The Balaban J connectivity index is 1.47. The van der Waals surface area contributed by atoms with Crippen molar-refractivity contribution in [3.05, 3.63) is 70.9 Å². The van der Waals surface area contributed by atoms with Crippen LogP contribution in [0.3, 0.4) is 0 Å². The molecular formula is C20H15N4O4S2-. The molecule has 2 aromatic heterocycles. The smallest absolute Gasteiger partial charge is 0.272 e. The topological polar surface area (TPSA) is 105 Å². The maximum Gasteiger partial charge on any atom is 0.272 e. The lowest BCUT2D eigenvalue weighted by Gasteiger charge is -2.21. The van der Waals surface area contributed by atoms with Crippen molar-refractivity contribution < 1.29 is 17.9 Å². The molecule has 5 rings (SSSR count). The molecule has 2 aromatic carbocycles. The van der Waals surface area contributed by atoms with E-state index in [2.05, 4.69) is 20.0 Å². The Morgan fingerprint density at radius 1 is 1.00 bits per heavy atom. The fourth-order valence-corrected chi connectivity index (χ4v) is 4.97. The molecule has 0 bridgehead atoms. The molecule has 0 atom stereocenters. The van der Waals surface area contributed by atoms with E-state index < -0.39 is 10.0 Å². The van der Waals surface area contributed by atoms with E-state index in [0.29, 0.717) is 22.5 Å². The number of para-hydroxylation sites is 2. The number of hydrogen-bond donors (Lipinski definition) is 1. The van der Waals surface area contributed by atoms with Gasteiger partial charge in [0.2, 0.25) is 6.79 Å². The van der Waals surface area contributed by atoms with E-state index in [4.69, 9.17) is 9.47 Å². The first-order valence-electron chi connectivity index (χ1n) is 8.98. The van der Waals surface area contributed by atoms with Gasteiger partial charge in [0.1, 0.15) is 10.0 Å². The highest BCUT2D eigenvalue weighted by molar-refractivity contribution is 7.94. The van der Waals surface area contributed by atoms with Crippen LogP contribution in [0.4, 0.5) is 11.6 Å². The van der Waals surface area contributed by atoms with Gasteiger partial charge in [-0.3, -0.25) is 4.72 Å². The number of anilines is 1. The molecule has 0 saturated carbocycles. The van der Waals surface area contributed by atoms with E-state index in [1.807, 2.05) is 30.3 Å². The van der Waals surface area contributed by atoms with Crippen molar-refractivity contribution in [1.29, 1.82) is 0 Å². The van der Waals surface area contributed by atoms with Crippen molar-refractivity contribution in [3.8, 4) is 11.5 Å². The van der Waals surface area contributed by atoms with Crippen molar-refractivity contribution in [2.24, 2.45) is 0 Å². The summed E-state index contributed by atoms with van der Waals surface area (Å²) in [5.74, 6) is 1.65. The molecule has 8 nitrogen and oxygen atoms in total. The largest absolute Gasteiger partial charge is 0.458 e. The molecule has 4 aromatic rings. The van der Waals surface area contributed by atoms with Crippen molar-refractivity contribution in [3.63, 3.8) is 0 Å². The van der Waals surface area contributed by atoms with E-state index in [-0.39, 0.29) is 29.2 Å². The fraction of sp³-hybridized carbons (Fsp3) is 0.100. The van der Waals surface area contributed by atoms with Crippen molar-refractivity contribution >= 4 is 44.0 Å². The first-order chi connectivity index (χ1) is 14.6. The molecule has 0 radical (unpaired) electrons. The summed E-state index contributed by atoms with van der Waals surface area (Å²) in [4.78, 5) is 8.97. The van der Waals surface area contributed by atoms with E-state index in [0.717, 1.165) is 16.9 Å². The van der Waals surface area contributed by atoms with Gasteiger partial charge in [-0.05, 0) is 53.1 Å². The molecule has 10 heteroatoms. The molecular weight excluding hydrogens is 424 g/mol. The van der Waals surface area contributed by atoms with Crippen LogP contribution >= 0.6 is 11.3 Å². The van der Waals surface area contributed by atoms with Gasteiger partial charge in [0.15, 0.2) is 11.5 Å². The van der Waals surface area contributed by atoms with Crippen LogP contribution in [-0.2, 0) is 16.6 Å². The summed E-state index contributed by atoms with van der Waals surface area (Å²) >= 11 is 1.13. The zero-order valence-electron chi connectivity index (χ0n) is 15.5. The number of ether oxygens (including phenoxy) is 2. The number of rotatable bonds is 6. The second-order valence-corrected chi connectivity index (χ2v) is 9.28. The van der Waals surface area contributed by atoms with Crippen LogP contribution < -0.4 is 14.2 Å². The third kappa shape index (κ3) is 3.62. The van der Waals surface area contributed by atoms with Gasteiger partial charge < -0.3 is 19.8 Å². The second-order valence-electron chi connectivity index (χ2n) is 6.43. The van der Waals surface area contributed by atoms with Crippen molar-refractivity contribution in [1.82, 2.24) is 9.97 Å². The average molecular weight is 439 g/mol. The minimum Gasteiger partial charge on any atom is -0.458 e. The average Bonchev–Trinajstić information content (AvgIpc) is 3.44. The normalized spacial score (nSPS) is 12.8. The highest BCUT2D eigenvalue weighted by atomic mass is 32.2. The van der Waals surface area contributed by atoms with Gasteiger partial charge in [0, 0.05) is 0 Å². The molecule has 1 aliphatic rings. The molecule has 0 unspecified atom stereocenters. The fourth-order valence-electron chi connectivity index (χ4n) is 2.97. The minimum atomic E-state index is -3.78.